The molecule has 1 fully saturated rings. The number of carboxylic acids is 1. The number of rotatable bonds is 4. The van der Waals surface area contributed by atoms with Gasteiger partial charge in [0.25, 0.3) is 0 Å². The maximum Gasteiger partial charge on any atom is 0.326 e. The molecule has 0 bridgehead atoms. The Kier molecular flexibility index (Phi) is 5.60. The number of aliphatic carboxylic acids is 1. The fraction of sp³-hybridized carbons (Fsp3) is 0.846. The van der Waals surface area contributed by atoms with E-state index in [2.05, 4.69) is 24.1 Å². The van der Waals surface area contributed by atoms with Crippen molar-refractivity contribution in [2.75, 3.05) is 26.2 Å². The third kappa shape index (κ3) is 4.38. The smallest absolute Gasteiger partial charge is 0.326 e. The number of carboxylic acid groups (broad SMARTS) is 1. The minimum Gasteiger partial charge on any atom is -0.480 e. The lowest BCUT2D eigenvalue weighted by Gasteiger charge is -2.37. The summed E-state index contributed by atoms with van der Waals surface area (Å²) >= 11 is 0. The Morgan fingerprint density at radius 1 is 1.05 bits per heavy atom. The molecule has 1 rings (SSSR count). The fourth-order valence-electron chi connectivity index (χ4n) is 2.18. The first-order valence-electron chi connectivity index (χ1n) is 6.85. The van der Waals surface area contributed by atoms with Gasteiger partial charge in [-0.3, -0.25) is 4.90 Å². The minimum absolute atomic E-state index is 0.126. The topological polar surface area (TPSA) is 72.9 Å². The van der Waals surface area contributed by atoms with Crippen molar-refractivity contribution >= 4 is 12.0 Å². The van der Waals surface area contributed by atoms with E-state index < -0.39 is 12.0 Å². The summed E-state index contributed by atoms with van der Waals surface area (Å²) < 4.78 is 0. The van der Waals surface area contributed by atoms with Crippen molar-refractivity contribution in [2.45, 2.75) is 39.8 Å². The molecule has 1 aliphatic rings. The molecule has 110 valence electrons. The maximum atomic E-state index is 12.0. The molecule has 1 atom stereocenters. The fourth-order valence-corrected chi connectivity index (χ4v) is 2.18. The van der Waals surface area contributed by atoms with Gasteiger partial charge in [0.2, 0.25) is 0 Å². The molecule has 1 saturated heterocycles. The van der Waals surface area contributed by atoms with Gasteiger partial charge in [0.1, 0.15) is 6.04 Å². The molecule has 0 aliphatic carbocycles. The van der Waals surface area contributed by atoms with E-state index in [-0.39, 0.29) is 11.9 Å². The molecule has 0 aromatic heterocycles. The van der Waals surface area contributed by atoms with Crippen molar-refractivity contribution in [1.82, 2.24) is 15.1 Å². The summed E-state index contributed by atoms with van der Waals surface area (Å²) in [6.07, 6.45) is 0. The van der Waals surface area contributed by atoms with E-state index in [1.807, 2.05) is 0 Å². The molecule has 2 amide bonds. The molecule has 6 nitrogen and oxygen atoms in total. The summed E-state index contributed by atoms with van der Waals surface area (Å²) in [6.45, 7) is 10.8. The SMILES string of the molecule is CC(C)C(NC(=O)N1CCN(C(C)C)CC1)C(=O)O. The number of carbonyl (C=O) groups excluding carboxylic acids is 1. The predicted molar refractivity (Wildman–Crippen MR) is 73.1 cm³/mol. The first kappa shape index (κ1) is 15.8. The van der Waals surface area contributed by atoms with E-state index in [0.717, 1.165) is 13.1 Å². The van der Waals surface area contributed by atoms with Crippen molar-refractivity contribution in [3.8, 4) is 0 Å². The molecule has 6 heteroatoms. The Hall–Kier alpha value is -1.30. The van der Waals surface area contributed by atoms with Crippen LogP contribution in [0.1, 0.15) is 27.7 Å². The first-order chi connectivity index (χ1) is 8.82. The van der Waals surface area contributed by atoms with E-state index in [0.29, 0.717) is 19.1 Å². The van der Waals surface area contributed by atoms with Crippen molar-refractivity contribution in [1.29, 1.82) is 0 Å². The van der Waals surface area contributed by atoms with Gasteiger partial charge in [0.15, 0.2) is 0 Å². The Morgan fingerprint density at radius 2 is 1.58 bits per heavy atom. The molecule has 0 saturated carbocycles. The third-order valence-corrected chi connectivity index (χ3v) is 3.54. The van der Waals surface area contributed by atoms with Crippen LogP contribution < -0.4 is 5.32 Å². The van der Waals surface area contributed by atoms with E-state index >= 15 is 0 Å². The Balaban J connectivity index is 2.49. The lowest BCUT2D eigenvalue weighted by Crippen LogP contribution is -2.56. The second kappa shape index (κ2) is 6.75. The molecule has 0 aromatic carbocycles. The largest absolute Gasteiger partial charge is 0.480 e. The van der Waals surface area contributed by atoms with Crippen molar-refractivity contribution in [3.63, 3.8) is 0 Å². The van der Waals surface area contributed by atoms with E-state index in [1.165, 1.54) is 0 Å². The summed E-state index contributed by atoms with van der Waals surface area (Å²) in [4.78, 5) is 27.1. The second-order valence-corrected chi connectivity index (χ2v) is 5.63. The highest BCUT2D eigenvalue weighted by Crippen LogP contribution is 2.08. The van der Waals surface area contributed by atoms with Crippen molar-refractivity contribution in [3.05, 3.63) is 0 Å². The molecule has 1 unspecified atom stereocenters. The monoisotopic (exact) mass is 271 g/mol. The number of nitrogens with zero attached hydrogens (tertiary/aromatic N) is 2. The lowest BCUT2D eigenvalue weighted by molar-refractivity contribution is -0.140. The summed E-state index contributed by atoms with van der Waals surface area (Å²) in [5.41, 5.74) is 0. The van der Waals surface area contributed by atoms with Crippen LogP contribution in [0.15, 0.2) is 0 Å². The molecular formula is C13H25N3O3. The highest BCUT2D eigenvalue weighted by molar-refractivity contribution is 5.82. The predicted octanol–water partition coefficient (Wildman–Crippen LogP) is 0.831. The Bertz CT molecular complexity index is 323. The maximum absolute atomic E-state index is 12.0. The van der Waals surface area contributed by atoms with Crippen LogP contribution in [0.5, 0.6) is 0 Å². The number of hydrogen-bond donors (Lipinski definition) is 2. The van der Waals surface area contributed by atoms with Gasteiger partial charge < -0.3 is 15.3 Å². The summed E-state index contributed by atoms with van der Waals surface area (Å²) in [5.74, 6) is -1.11. The number of carbonyl (C=O) groups is 2. The number of urea groups is 1. The van der Waals surface area contributed by atoms with Crippen LogP contribution in [0.25, 0.3) is 0 Å². The normalized spacial score (nSPS) is 18.7. The van der Waals surface area contributed by atoms with Gasteiger partial charge in [-0.1, -0.05) is 13.8 Å². The molecule has 2 N–H and O–H groups in total. The second-order valence-electron chi connectivity index (χ2n) is 5.63. The Labute approximate surface area is 114 Å². The molecule has 19 heavy (non-hydrogen) atoms. The summed E-state index contributed by atoms with van der Waals surface area (Å²) in [5, 5.41) is 11.7. The highest BCUT2D eigenvalue weighted by Gasteiger charge is 2.28. The zero-order valence-electron chi connectivity index (χ0n) is 12.2. The third-order valence-electron chi connectivity index (χ3n) is 3.54. The average Bonchev–Trinajstić information content (AvgIpc) is 2.34. The van der Waals surface area contributed by atoms with Gasteiger partial charge in [-0.2, -0.15) is 0 Å². The van der Waals surface area contributed by atoms with Crippen LogP contribution >= 0.6 is 0 Å². The minimum atomic E-state index is -0.982. The lowest BCUT2D eigenvalue weighted by atomic mass is 10.1. The zero-order valence-corrected chi connectivity index (χ0v) is 12.2. The molecular weight excluding hydrogens is 246 g/mol. The average molecular weight is 271 g/mol. The molecule has 0 aromatic rings. The van der Waals surface area contributed by atoms with Crippen LogP contribution in [-0.2, 0) is 4.79 Å². The number of hydrogen-bond acceptors (Lipinski definition) is 3. The van der Waals surface area contributed by atoms with Crippen molar-refractivity contribution in [2.24, 2.45) is 5.92 Å². The molecule has 0 spiro atoms. The van der Waals surface area contributed by atoms with Gasteiger partial charge >= 0.3 is 12.0 Å². The van der Waals surface area contributed by atoms with Crippen LogP contribution in [0.2, 0.25) is 0 Å². The standard InChI is InChI=1S/C13H25N3O3/c1-9(2)11(12(17)18)14-13(19)16-7-5-15(6-8-16)10(3)4/h9-11H,5-8H2,1-4H3,(H,14,19)(H,17,18). The van der Waals surface area contributed by atoms with E-state index in [4.69, 9.17) is 5.11 Å². The number of piperazine rings is 1. The number of amides is 2. The van der Waals surface area contributed by atoms with Crippen LogP contribution in [0.4, 0.5) is 4.79 Å². The molecule has 1 aliphatic heterocycles. The highest BCUT2D eigenvalue weighted by atomic mass is 16.4. The van der Waals surface area contributed by atoms with Gasteiger partial charge in [-0.25, -0.2) is 9.59 Å². The van der Waals surface area contributed by atoms with Crippen LogP contribution in [0.3, 0.4) is 0 Å². The zero-order chi connectivity index (χ0) is 14.6. The van der Waals surface area contributed by atoms with Gasteiger partial charge in [-0.05, 0) is 19.8 Å². The van der Waals surface area contributed by atoms with Crippen LogP contribution in [0, 0.1) is 5.92 Å². The van der Waals surface area contributed by atoms with Crippen molar-refractivity contribution < 1.29 is 14.7 Å². The number of nitrogens with one attached hydrogen (secondary N) is 1. The van der Waals surface area contributed by atoms with Gasteiger partial charge in [-0.15, -0.1) is 0 Å². The van der Waals surface area contributed by atoms with Gasteiger partial charge in [0.05, 0.1) is 0 Å². The van der Waals surface area contributed by atoms with E-state index in [1.54, 1.807) is 18.7 Å². The Morgan fingerprint density at radius 3 is 1.95 bits per heavy atom. The van der Waals surface area contributed by atoms with Gasteiger partial charge in [0, 0.05) is 32.2 Å². The summed E-state index contributed by atoms with van der Waals surface area (Å²) in [6, 6.07) is -0.618. The summed E-state index contributed by atoms with van der Waals surface area (Å²) in [7, 11) is 0. The van der Waals surface area contributed by atoms with Crippen LogP contribution in [-0.4, -0.2) is 65.2 Å². The first-order valence-corrected chi connectivity index (χ1v) is 6.85. The molecule has 0 radical (unpaired) electrons. The molecule has 1 heterocycles. The quantitative estimate of drug-likeness (QED) is 0.794. The van der Waals surface area contributed by atoms with E-state index in [9.17, 15) is 9.59 Å².